The molecule has 1 aromatic carbocycles. The van der Waals surface area contributed by atoms with Gasteiger partial charge in [0.2, 0.25) is 5.95 Å². The van der Waals surface area contributed by atoms with Crippen LogP contribution in [0.25, 0.3) is 10.9 Å². The minimum Gasteiger partial charge on any atom is -0.381 e. The molecule has 90 valence electrons. The monoisotopic (exact) mass is 244 g/mol. The number of nitrogen functional groups attached to an aromatic ring is 1. The van der Waals surface area contributed by atoms with Crippen molar-refractivity contribution in [3.63, 3.8) is 0 Å². The van der Waals surface area contributed by atoms with Gasteiger partial charge >= 0.3 is 0 Å². The maximum absolute atomic E-state index is 12.9. The van der Waals surface area contributed by atoms with Gasteiger partial charge in [-0.3, -0.25) is 5.10 Å². The van der Waals surface area contributed by atoms with Crippen LogP contribution < -0.4 is 11.1 Å². The van der Waals surface area contributed by atoms with Crippen LogP contribution in [-0.2, 0) is 0 Å². The summed E-state index contributed by atoms with van der Waals surface area (Å²) in [6, 6.07) is 5.60. The van der Waals surface area contributed by atoms with Crippen LogP contribution in [0.1, 0.15) is 0 Å². The van der Waals surface area contributed by atoms with Crippen LogP contribution in [0.5, 0.6) is 0 Å². The van der Waals surface area contributed by atoms with E-state index in [0.29, 0.717) is 0 Å². The Morgan fingerprint density at radius 3 is 3.00 bits per heavy atom. The molecular formula is C11H9FN6. The molecule has 0 aliphatic heterocycles. The van der Waals surface area contributed by atoms with Crippen LogP contribution in [0, 0.1) is 5.82 Å². The molecule has 3 aromatic rings. The van der Waals surface area contributed by atoms with Gasteiger partial charge in [-0.2, -0.15) is 10.1 Å². The molecule has 0 saturated carbocycles. The predicted molar refractivity (Wildman–Crippen MR) is 65.8 cm³/mol. The average Bonchev–Trinajstić information content (AvgIpc) is 2.81. The van der Waals surface area contributed by atoms with Gasteiger partial charge in [-0.05, 0) is 18.2 Å². The van der Waals surface area contributed by atoms with Crippen LogP contribution >= 0.6 is 0 Å². The predicted octanol–water partition coefficient (Wildman–Crippen LogP) is 1.82. The highest BCUT2D eigenvalue weighted by Gasteiger charge is 2.04. The number of hydrogen-bond donors (Lipinski definition) is 3. The van der Waals surface area contributed by atoms with E-state index in [2.05, 4.69) is 25.5 Å². The second-order valence-corrected chi connectivity index (χ2v) is 3.72. The molecule has 0 bridgehead atoms. The summed E-state index contributed by atoms with van der Waals surface area (Å²) < 4.78 is 12.9. The number of nitrogens with two attached hydrogens (primary N) is 1. The minimum absolute atomic E-state index is 0.185. The fourth-order valence-corrected chi connectivity index (χ4v) is 1.58. The Morgan fingerprint density at radius 1 is 1.28 bits per heavy atom. The van der Waals surface area contributed by atoms with Crippen LogP contribution in [0.3, 0.4) is 0 Å². The second-order valence-electron chi connectivity index (χ2n) is 3.72. The zero-order chi connectivity index (χ0) is 12.5. The van der Waals surface area contributed by atoms with Crippen LogP contribution in [-0.4, -0.2) is 20.2 Å². The van der Waals surface area contributed by atoms with Gasteiger partial charge in [0.1, 0.15) is 0 Å². The molecule has 6 nitrogen and oxygen atoms in total. The molecule has 0 saturated heterocycles. The van der Waals surface area contributed by atoms with E-state index in [4.69, 9.17) is 5.73 Å². The molecule has 2 heterocycles. The summed E-state index contributed by atoms with van der Waals surface area (Å²) in [6.07, 6.45) is 2.75. The first-order chi connectivity index (χ1) is 8.72. The van der Waals surface area contributed by atoms with E-state index in [1.165, 1.54) is 0 Å². The molecule has 0 spiro atoms. The highest BCUT2D eigenvalue weighted by Crippen LogP contribution is 2.19. The summed E-state index contributed by atoms with van der Waals surface area (Å²) in [5.41, 5.74) is 7.01. The highest BCUT2D eigenvalue weighted by atomic mass is 19.1. The molecule has 7 heteroatoms. The molecule has 3 rings (SSSR count). The number of benzene rings is 1. The van der Waals surface area contributed by atoms with Crippen molar-refractivity contribution in [2.24, 2.45) is 0 Å². The van der Waals surface area contributed by atoms with Gasteiger partial charge in [0.05, 0.1) is 17.9 Å². The number of rotatable bonds is 2. The number of anilines is 3. The smallest absolute Gasteiger partial charge is 0.229 e. The molecule has 0 aliphatic carbocycles. The quantitative estimate of drug-likeness (QED) is 0.639. The minimum atomic E-state index is -0.635. The molecule has 4 N–H and O–H groups in total. The zero-order valence-corrected chi connectivity index (χ0v) is 9.18. The first kappa shape index (κ1) is 10.5. The molecule has 0 fully saturated rings. The van der Waals surface area contributed by atoms with Crippen molar-refractivity contribution < 1.29 is 4.39 Å². The van der Waals surface area contributed by atoms with Gasteiger partial charge in [-0.1, -0.05) is 0 Å². The van der Waals surface area contributed by atoms with Crippen molar-refractivity contribution in [3.05, 3.63) is 36.4 Å². The van der Waals surface area contributed by atoms with E-state index in [9.17, 15) is 4.39 Å². The van der Waals surface area contributed by atoms with Crippen molar-refractivity contribution in [1.82, 2.24) is 20.2 Å². The second kappa shape index (κ2) is 3.95. The third kappa shape index (κ3) is 1.81. The fraction of sp³-hybridized carbons (Fsp3) is 0. The van der Waals surface area contributed by atoms with Crippen LogP contribution in [0.15, 0.2) is 30.6 Å². The molecule has 0 radical (unpaired) electrons. The average molecular weight is 244 g/mol. The summed E-state index contributed by atoms with van der Waals surface area (Å²) >= 11 is 0. The lowest BCUT2D eigenvalue weighted by Gasteiger charge is -2.05. The van der Waals surface area contributed by atoms with Crippen molar-refractivity contribution in [3.8, 4) is 0 Å². The van der Waals surface area contributed by atoms with Gasteiger partial charge in [0.15, 0.2) is 11.6 Å². The van der Waals surface area contributed by atoms with Crippen molar-refractivity contribution in [2.75, 3.05) is 11.1 Å². The Kier molecular flexibility index (Phi) is 2.30. The van der Waals surface area contributed by atoms with E-state index in [-0.39, 0.29) is 11.8 Å². The van der Waals surface area contributed by atoms with E-state index in [1.807, 2.05) is 18.2 Å². The van der Waals surface area contributed by atoms with Gasteiger partial charge in [-0.15, -0.1) is 0 Å². The Balaban J connectivity index is 1.92. The molecule has 2 aromatic heterocycles. The summed E-state index contributed by atoms with van der Waals surface area (Å²) in [4.78, 5) is 7.59. The highest BCUT2D eigenvalue weighted by molar-refractivity contribution is 5.82. The number of aromatic nitrogens is 4. The summed E-state index contributed by atoms with van der Waals surface area (Å²) in [5.74, 6) is -0.576. The first-order valence-electron chi connectivity index (χ1n) is 5.20. The van der Waals surface area contributed by atoms with E-state index in [1.54, 1.807) is 6.20 Å². The number of halogens is 1. The van der Waals surface area contributed by atoms with Gasteiger partial charge in [0.25, 0.3) is 0 Å². The van der Waals surface area contributed by atoms with E-state index >= 15 is 0 Å². The molecule has 0 aliphatic rings. The number of H-pyrrole nitrogens is 1. The largest absolute Gasteiger partial charge is 0.381 e. The lowest BCUT2D eigenvalue weighted by atomic mass is 10.2. The fourth-order valence-electron chi connectivity index (χ4n) is 1.58. The van der Waals surface area contributed by atoms with Crippen molar-refractivity contribution in [2.45, 2.75) is 0 Å². The maximum Gasteiger partial charge on any atom is 0.229 e. The Labute approximate surface area is 101 Å². The van der Waals surface area contributed by atoms with Gasteiger partial charge in [0, 0.05) is 11.1 Å². The van der Waals surface area contributed by atoms with Crippen molar-refractivity contribution in [1.29, 1.82) is 0 Å². The first-order valence-corrected chi connectivity index (χ1v) is 5.20. The maximum atomic E-state index is 12.9. The van der Waals surface area contributed by atoms with Gasteiger partial charge in [-0.25, -0.2) is 9.37 Å². The molecule has 18 heavy (non-hydrogen) atoms. The van der Waals surface area contributed by atoms with Crippen LogP contribution in [0.2, 0.25) is 0 Å². The number of fused-ring (bicyclic) bond motifs is 1. The molecule has 0 unspecified atom stereocenters. The van der Waals surface area contributed by atoms with Gasteiger partial charge < -0.3 is 11.1 Å². The van der Waals surface area contributed by atoms with Crippen LogP contribution in [0.4, 0.5) is 21.8 Å². The Morgan fingerprint density at radius 2 is 2.17 bits per heavy atom. The third-order valence-corrected chi connectivity index (χ3v) is 2.47. The van der Waals surface area contributed by atoms with E-state index < -0.39 is 5.82 Å². The third-order valence-electron chi connectivity index (χ3n) is 2.47. The lowest BCUT2D eigenvalue weighted by Crippen LogP contribution is -2.02. The summed E-state index contributed by atoms with van der Waals surface area (Å²) in [5, 5.41) is 10.7. The standard InChI is InChI=1S/C11H9FN6/c12-8-5-14-11(17-10(8)13)16-7-2-1-6-4-15-18-9(6)3-7/h1-5H,(H,15,18)(H3,13,14,16,17). The summed E-state index contributed by atoms with van der Waals surface area (Å²) in [6.45, 7) is 0. The Bertz CT molecular complexity index is 708. The normalized spacial score (nSPS) is 10.7. The topological polar surface area (TPSA) is 92.5 Å². The molecular weight excluding hydrogens is 235 g/mol. The molecule has 0 amide bonds. The van der Waals surface area contributed by atoms with Crippen molar-refractivity contribution >= 4 is 28.4 Å². The zero-order valence-electron chi connectivity index (χ0n) is 9.18. The Hall–Kier alpha value is -2.70. The number of nitrogens with zero attached hydrogens (tertiary/aromatic N) is 3. The number of nitrogens with one attached hydrogen (secondary N) is 2. The van der Waals surface area contributed by atoms with E-state index in [0.717, 1.165) is 22.8 Å². The lowest BCUT2D eigenvalue weighted by molar-refractivity contribution is 0.620. The summed E-state index contributed by atoms with van der Waals surface area (Å²) in [7, 11) is 0. The SMILES string of the molecule is Nc1nc(Nc2ccc3cn[nH]c3c2)ncc1F. The molecule has 0 atom stereocenters. The number of aromatic amines is 1. The number of hydrogen-bond acceptors (Lipinski definition) is 5.